The molecule has 1 spiro atoms. The molecule has 0 radical (unpaired) electrons. The minimum Gasteiger partial charge on any atom is -0.465 e. The monoisotopic (exact) mass is 399 g/mol. The highest BCUT2D eigenvalue weighted by Gasteiger charge is 2.60. The molecular formula is C20H21N3O6. The highest BCUT2D eigenvalue weighted by atomic mass is 16.5. The standard InChI is InChI=1S/C20H21N3O6/c1-29-18(27)13-4-2-3-12(7-13)9-22-10-20(11-22)8-16(25)23(19(20)28)14-5-6-15(24)21-17(14)26/h2-4,7,14H,5-6,8-11H2,1H3,(H,21,24,26). The van der Waals surface area contributed by atoms with Gasteiger partial charge in [-0.05, 0) is 24.1 Å². The van der Waals surface area contributed by atoms with Crippen LogP contribution in [0.15, 0.2) is 24.3 Å². The Hall–Kier alpha value is -3.07. The molecule has 0 aromatic heterocycles. The molecule has 3 saturated heterocycles. The predicted molar refractivity (Wildman–Crippen MR) is 98.1 cm³/mol. The van der Waals surface area contributed by atoms with E-state index in [0.717, 1.165) is 10.5 Å². The van der Waals surface area contributed by atoms with Gasteiger partial charge in [-0.1, -0.05) is 12.1 Å². The van der Waals surface area contributed by atoms with E-state index in [4.69, 9.17) is 4.74 Å². The van der Waals surface area contributed by atoms with Crippen molar-refractivity contribution in [1.29, 1.82) is 0 Å². The molecule has 29 heavy (non-hydrogen) atoms. The molecule has 152 valence electrons. The zero-order valence-electron chi connectivity index (χ0n) is 16.0. The molecule has 4 rings (SSSR count). The van der Waals surface area contributed by atoms with Crippen molar-refractivity contribution in [3.05, 3.63) is 35.4 Å². The highest BCUT2D eigenvalue weighted by Crippen LogP contribution is 2.43. The number of ether oxygens (including phenoxy) is 1. The fourth-order valence-electron chi connectivity index (χ4n) is 4.40. The number of methoxy groups -OCH3 is 1. The van der Waals surface area contributed by atoms with Gasteiger partial charge in [0.2, 0.25) is 23.6 Å². The molecule has 9 heteroatoms. The number of amides is 4. The number of carbonyl (C=O) groups is 5. The third-order valence-electron chi connectivity index (χ3n) is 5.76. The molecule has 3 heterocycles. The molecule has 1 N–H and O–H groups in total. The average Bonchev–Trinajstić information content (AvgIpc) is 2.92. The van der Waals surface area contributed by atoms with Crippen molar-refractivity contribution in [2.24, 2.45) is 5.41 Å². The first kappa shape index (κ1) is 19.3. The summed E-state index contributed by atoms with van der Waals surface area (Å²) in [7, 11) is 1.32. The quantitative estimate of drug-likeness (QED) is 0.553. The molecule has 9 nitrogen and oxygen atoms in total. The number of nitrogens with zero attached hydrogens (tertiary/aromatic N) is 2. The third-order valence-corrected chi connectivity index (χ3v) is 5.76. The molecule has 4 amide bonds. The number of imide groups is 2. The van der Waals surface area contributed by atoms with E-state index >= 15 is 0 Å². The van der Waals surface area contributed by atoms with Gasteiger partial charge in [-0.3, -0.25) is 34.3 Å². The second kappa shape index (κ2) is 7.07. The zero-order chi connectivity index (χ0) is 20.8. The number of piperidine rings is 1. The Morgan fingerprint density at radius 3 is 2.69 bits per heavy atom. The van der Waals surface area contributed by atoms with E-state index in [1.54, 1.807) is 18.2 Å². The van der Waals surface area contributed by atoms with E-state index < -0.39 is 23.3 Å². The normalized spacial score (nSPS) is 23.9. The van der Waals surface area contributed by atoms with Crippen molar-refractivity contribution >= 4 is 29.6 Å². The highest BCUT2D eigenvalue weighted by molar-refractivity contribution is 6.11. The van der Waals surface area contributed by atoms with Crippen LogP contribution in [-0.2, 0) is 30.5 Å². The van der Waals surface area contributed by atoms with Gasteiger partial charge in [0.25, 0.3) is 0 Å². The molecule has 1 atom stereocenters. The number of likely N-dealkylation sites (tertiary alicyclic amines) is 2. The second-order valence-electron chi connectivity index (χ2n) is 7.83. The van der Waals surface area contributed by atoms with Crippen LogP contribution < -0.4 is 5.32 Å². The van der Waals surface area contributed by atoms with Crippen LogP contribution in [0.2, 0.25) is 0 Å². The van der Waals surface area contributed by atoms with Crippen LogP contribution in [-0.4, -0.2) is 65.6 Å². The SMILES string of the molecule is COC(=O)c1cccc(CN2CC3(CC(=O)N(C4CCC(=O)NC4=O)C3=O)C2)c1. The van der Waals surface area contributed by atoms with Gasteiger partial charge in [-0.2, -0.15) is 0 Å². The Kier molecular flexibility index (Phi) is 4.70. The Morgan fingerprint density at radius 1 is 1.24 bits per heavy atom. The summed E-state index contributed by atoms with van der Waals surface area (Å²) in [6.07, 6.45) is 0.355. The van der Waals surface area contributed by atoms with Gasteiger partial charge in [0.15, 0.2) is 0 Å². The smallest absolute Gasteiger partial charge is 0.337 e. The fourth-order valence-corrected chi connectivity index (χ4v) is 4.40. The van der Waals surface area contributed by atoms with Crippen LogP contribution in [0.1, 0.15) is 35.2 Å². The van der Waals surface area contributed by atoms with E-state index in [9.17, 15) is 24.0 Å². The maximum Gasteiger partial charge on any atom is 0.337 e. The van der Waals surface area contributed by atoms with Crippen molar-refractivity contribution in [1.82, 2.24) is 15.1 Å². The summed E-state index contributed by atoms with van der Waals surface area (Å²) >= 11 is 0. The number of hydrogen-bond donors (Lipinski definition) is 1. The second-order valence-corrected chi connectivity index (χ2v) is 7.83. The van der Waals surface area contributed by atoms with Crippen molar-refractivity contribution in [3.63, 3.8) is 0 Å². The Bertz CT molecular complexity index is 921. The van der Waals surface area contributed by atoms with Crippen LogP contribution in [0.5, 0.6) is 0 Å². The molecule has 0 saturated carbocycles. The number of hydrogen-bond acceptors (Lipinski definition) is 7. The molecule has 3 fully saturated rings. The average molecular weight is 399 g/mol. The molecule has 0 aliphatic carbocycles. The zero-order valence-corrected chi connectivity index (χ0v) is 16.0. The molecule has 0 bridgehead atoms. The number of esters is 1. The lowest BCUT2D eigenvalue weighted by molar-refractivity contribution is -0.155. The van der Waals surface area contributed by atoms with Crippen LogP contribution in [0.3, 0.4) is 0 Å². The van der Waals surface area contributed by atoms with Gasteiger partial charge >= 0.3 is 5.97 Å². The summed E-state index contributed by atoms with van der Waals surface area (Å²) in [6.45, 7) is 1.35. The first-order valence-corrected chi connectivity index (χ1v) is 9.43. The Morgan fingerprint density at radius 2 is 2.00 bits per heavy atom. The Balaban J connectivity index is 1.41. The third kappa shape index (κ3) is 3.31. The first-order chi connectivity index (χ1) is 13.8. The lowest BCUT2D eigenvalue weighted by Crippen LogP contribution is -2.61. The first-order valence-electron chi connectivity index (χ1n) is 9.43. The van der Waals surface area contributed by atoms with E-state index in [0.29, 0.717) is 25.2 Å². The van der Waals surface area contributed by atoms with Crippen molar-refractivity contribution in [2.45, 2.75) is 31.8 Å². The van der Waals surface area contributed by atoms with E-state index in [2.05, 4.69) is 5.32 Å². The van der Waals surface area contributed by atoms with Gasteiger partial charge in [0, 0.05) is 32.5 Å². The van der Waals surface area contributed by atoms with Crippen molar-refractivity contribution in [3.8, 4) is 0 Å². The van der Waals surface area contributed by atoms with Gasteiger partial charge in [-0.25, -0.2) is 4.79 Å². The van der Waals surface area contributed by atoms with E-state index in [1.807, 2.05) is 11.0 Å². The van der Waals surface area contributed by atoms with Crippen LogP contribution in [0, 0.1) is 5.41 Å². The van der Waals surface area contributed by atoms with Gasteiger partial charge in [0.05, 0.1) is 18.1 Å². The van der Waals surface area contributed by atoms with Crippen LogP contribution >= 0.6 is 0 Å². The van der Waals surface area contributed by atoms with E-state index in [1.165, 1.54) is 7.11 Å². The van der Waals surface area contributed by atoms with Crippen molar-refractivity contribution < 1.29 is 28.7 Å². The molecule has 1 aromatic carbocycles. The number of carbonyl (C=O) groups excluding carboxylic acids is 5. The van der Waals surface area contributed by atoms with Gasteiger partial charge in [0.1, 0.15) is 6.04 Å². The summed E-state index contributed by atoms with van der Waals surface area (Å²) in [4.78, 5) is 63.7. The largest absolute Gasteiger partial charge is 0.465 e. The lowest BCUT2D eigenvalue weighted by Gasteiger charge is -2.46. The summed E-state index contributed by atoms with van der Waals surface area (Å²) in [6, 6.07) is 6.16. The summed E-state index contributed by atoms with van der Waals surface area (Å²) in [5.74, 6) is -2.09. The van der Waals surface area contributed by atoms with Gasteiger partial charge in [-0.15, -0.1) is 0 Å². The number of benzene rings is 1. The summed E-state index contributed by atoms with van der Waals surface area (Å²) in [5, 5.41) is 2.20. The Labute approximate surface area is 167 Å². The molecule has 3 aliphatic rings. The van der Waals surface area contributed by atoms with Crippen LogP contribution in [0.4, 0.5) is 0 Å². The number of nitrogens with one attached hydrogen (secondary N) is 1. The number of rotatable bonds is 4. The maximum atomic E-state index is 13.0. The molecule has 1 unspecified atom stereocenters. The van der Waals surface area contributed by atoms with Crippen molar-refractivity contribution in [2.75, 3.05) is 20.2 Å². The molecule has 1 aromatic rings. The van der Waals surface area contributed by atoms with Gasteiger partial charge < -0.3 is 4.74 Å². The minimum atomic E-state index is -0.905. The maximum absolute atomic E-state index is 13.0. The fraction of sp³-hybridized carbons (Fsp3) is 0.450. The molecular weight excluding hydrogens is 378 g/mol. The topological polar surface area (TPSA) is 113 Å². The molecule has 3 aliphatic heterocycles. The lowest BCUT2D eigenvalue weighted by atomic mass is 9.78. The minimum absolute atomic E-state index is 0.0717. The summed E-state index contributed by atoms with van der Waals surface area (Å²) in [5.41, 5.74) is 0.552. The van der Waals surface area contributed by atoms with E-state index in [-0.39, 0.29) is 37.0 Å². The summed E-state index contributed by atoms with van der Waals surface area (Å²) < 4.78 is 4.73. The van der Waals surface area contributed by atoms with Crippen LogP contribution in [0.25, 0.3) is 0 Å². The predicted octanol–water partition coefficient (Wildman–Crippen LogP) is -0.161.